The van der Waals surface area contributed by atoms with E-state index in [1.165, 1.54) is 0 Å². The summed E-state index contributed by atoms with van der Waals surface area (Å²) in [5.41, 5.74) is 7.40. The number of nitrogen functional groups attached to an aromatic ring is 1. The number of ether oxygens (including phenoxy) is 1. The number of aliphatic hydroxyl groups is 1. The van der Waals surface area contributed by atoms with E-state index in [1.54, 1.807) is 6.20 Å². The zero-order chi connectivity index (χ0) is 15.0. The lowest BCUT2D eigenvalue weighted by Gasteiger charge is -2.27. The van der Waals surface area contributed by atoms with Crippen molar-refractivity contribution in [3.63, 3.8) is 0 Å². The van der Waals surface area contributed by atoms with Crippen LogP contribution in [0.2, 0.25) is 0 Å². The molecule has 2 unspecified atom stereocenters. The minimum absolute atomic E-state index is 0.189. The third-order valence-electron chi connectivity index (χ3n) is 4.09. The third kappa shape index (κ3) is 2.71. The molecule has 2 heterocycles. The lowest BCUT2D eigenvalue weighted by Crippen LogP contribution is -2.43. The van der Waals surface area contributed by atoms with Crippen LogP contribution in [0, 0.1) is 0 Å². The average Bonchev–Trinajstić information content (AvgIpc) is 2.78. The molecule has 0 spiro atoms. The first kappa shape index (κ1) is 14.6. The van der Waals surface area contributed by atoms with Crippen LogP contribution in [0.1, 0.15) is 13.3 Å². The monoisotopic (exact) mass is 351 g/mol. The van der Waals surface area contributed by atoms with Gasteiger partial charge in [0.15, 0.2) is 0 Å². The first-order valence-corrected chi connectivity index (χ1v) is 7.70. The summed E-state index contributed by atoms with van der Waals surface area (Å²) in [5, 5.41) is 14.8. The summed E-state index contributed by atoms with van der Waals surface area (Å²) in [6, 6.07) is 5.84. The highest BCUT2D eigenvalue weighted by Crippen LogP contribution is 2.32. The number of nitrogens with zero attached hydrogens (tertiary/aromatic N) is 1. The Morgan fingerprint density at radius 1 is 1.57 bits per heavy atom. The number of anilines is 2. The highest BCUT2D eigenvalue weighted by molar-refractivity contribution is 9.10. The molecule has 2 atom stereocenters. The normalized spacial score (nSPS) is 25.4. The summed E-state index contributed by atoms with van der Waals surface area (Å²) < 4.78 is 6.41. The minimum atomic E-state index is -0.867. The van der Waals surface area contributed by atoms with Crippen LogP contribution >= 0.6 is 15.9 Å². The van der Waals surface area contributed by atoms with Gasteiger partial charge in [-0.2, -0.15) is 0 Å². The van der Waals surface area contributed by atoms with Crippen molar-refractivity contribution in [1.82, 2.24) is 4.98 Å². The molecule has 0 radical (unpaired) electrons. The average molecular weight is 352 g/mol. The van der Waals surface area contributed by atoms with Crippen molar-refractivity contribution >= 4 is 38.2 Å². The van der Waals surface area contributed by atoms with Crippen LogP contribution in [0.5, 0.6) is 0 Å². The number of fused-ring (bicyclic) bond motifs is 1. The molecule has 6 heteroatoms. The van der Waals surface area contributed by atoms with E-state index >= 15 is 0 Å². The fraction of sp³-hybridized carbons (Fsp3) is 0.400. The SMILES string of the molecule is CC1OCCC1(O)CNc1c(N)cnc2ccc(Br)cc12. The van der Waals surface area contributed by atoms with Gasteiger partial charge in [-0.15, -0.1) is 0 Å². The van der Waals surface area contributed by atoms with Crippen LogP contribution < -0.4 is 11.1 Å². The van der Waals surface area contributed by atoms with Gasteiger partial charge in [-0.25, -0.2) is 0 Å². The fourth-order valence-electron chi connectivity index (χ4n) is 2.62. The van der Waals surface area contributed by atoms with Crippen molar-refractivity contribution in [1.29, 1.82) is 0 Å². The Morgan fingerprint density at radius 3 is 3.10 bits per heavy atom. The van der Waals surface area contributed by atoms with E-state index in [0.717, 1.165) is 21.1 Å². The second-order valence-corrected chi connectivity index (χ2v) is 6.39. The van der Waals surface area contributed by atoms with Crippen LogP contribution in [0.3, 0.4) is 0 Å². The third-order valence-corrected chi connectivity index (χ3v) is 4.58. The van der Waals surface area contributed by atoms with Crippen molar-refractivity contribution in [2.24, 2.45) is 0 Å². The molecule has 21 heavy (non-hydrogen) atoms. The van der Waals surface area contributed by atoms with Crippen molar-refractivity contribution in [2.45, 2.75) is 25.0 Å². The number of benzene rings is 1. The molecule has 0 amide bonds. The Balaban J connectivity index is 1.93. The van der Waals surface area contributed by atoms with E-state index in [9.17, 15) is 5.11 Å². The van der Waals surface area contributed by atoms with Gasteiger partial charge in [0.2, 0.25) is 0 Å². The molecule has 4 N–H and O–H groups in total. The van der Waals surface area contributed by atoms with Gasteiger partial charge in [-0.05, 0) is 25.1 Å². The topological polar surface area (TPSA) is 80.4 Å². The molecule has 1 aliphatic heterocycles. The maximum atomic E-state index is 10.6. The van der Waals surface area contributed by atoms with E-state index in [2.05, 4.69) is 26.2 Å². The molecule has 1 fully saturated rings. The predicted octanol–water partition coefficient (Wildman–Crippen LogP) is 2.53. The van der Waals surface area contributed by atoms with E-state index in [0.29, 0.717) is 25.3 Å². The smallest absolute Gasteiger partial charge is 0.110 e. The number of nitrogens with one attached hydrogen (secondary N) is 1. The van der Waals surface area contributed by atoms with Gasteiger partial charge in [-0.1, -0.05) is 15.9 Å². The summed E-state index contributed by atoms with van der Waals surface area (Å²) in [6.45, 7) is 2.86. The zero-order valence-electron chi connectivity index (χ0n) is 11.8. The Kier molecular flexibility index (Phi) is 3.77. The van der Waals surface area contributed by atoms with Crippen LogP contribution in [0.25, 0.3) is 10.9 Å². The number of pyridine rings is 1. The summed E-state index contributed by atoms with van der Waals surface area (Å²) in [6.07, 6.45) is 2.07. The van der Waals surface area contributed by atoms with Gasteiger partial charge in [0.25, 0.3) is 0 Å². The molecule has 2 aromatic rings. The molecule has 1 saturated heterocycles. The quantitative estimate of drug-likeness (QED) is 0.791. The van der Waals surface area contributed by atoms with Crippen LogP contribution in [0.15, 0.2) is 28.9 Å². The second-order valence-electron chi connectivity index (χ2n) is 5.47. The number of hydrogen-bond acceptors (Lipinski definition) is 5. The molecular formula is C15H18BrN3O2. The maximum Gasteiger partial charge on any atom is 0.110 e. The first-order valence-electron chi connectivity index (χ1n) is 6.91. The molecule has 3 rings (SSSR count). The van der Waals surface area contributed by atoms with Crippen LogP contribution in [-0.4, -0.2) is 34.9 Å². The predicted molar refractivity (Wildman–Crippen MR) is 87.3 cm³/mol. The molecule has 0 saturated carbocycles. The van der Waals surface area contributed by atoms with Crippen LogP contribution in [0.4, 0.5) is 11.4 Å². The molecule has 0 aliphatic carbocycles. The Labute approximate surface area is 131 Å². The molecule has 1 aromatic carbocycles. The lowest BCUT2D eigenvalue weighted by molar-refractivity contribution is -0.0175. The highest BCUT2D eigenvalue weighted by atomic mass is 79.9. The molecule has 112 valence electrons. The van der Waals surface area contributed by atoms with Crippen LogP contribution in [-0.2, 0) is 4.74 Å². The van der Waals surface area contributed by atoms with Crippen molar-refractivity contribution in [3.05, 3.63) is 28.9 Å². The van der Waals surface area contributed by atoms with Gasteiger partial charge in [0.05, 0.1) is 29.2 Å². The minimum Gasteiger partial charge on any atom is -0.396 e. The van der Waals surface area contributed by atoms with E-state index in [1.807, 2.05) is 25.1 Å². The molecular weight excluding hydrogens is 334 g/mol. The molecule has 1 aromatic heterocycles. The maximum absolute atomic E-state index is 10.6. The Morgan fingerprint density at radius 2 is 2.38 bits per heavy atom. The fourth-order valence-corrected chi connectivity index (χ4v) is 2.98. The summed E-state index contributed by atoms with van der Waals surface area (Å²) in [5.74, 6) is 0. The second kappa shape index (κ2) is 5.44. The number of hydrogen-bond donors (Lipinski definition) is 3. The number of aromatic nitrogens is 1. The molecule has 1 aliphatic rings. The van der Waals surface area contributed by atoms with Crippen molar-refractivity contribution in [2.75, 3.05) is 24.2 Å². The van der Waals surface area contributed by atoms with Crippen molar-refractivity contribution < 1.29 is 9.84 Å². The van der Waals surface area contributed by atoms with E-state index < -0.39 is 5.60 Å². The zero-order valence-corrected chi connectivity index (χ0v) is 13.4. The lowest BCUT2D eigenvalue weighted by atomic mass is 9.96. The van der Waals surface area contributed by atoms with Gasteiger partial charge < -0.3 is 20.9 Å². The number of halogens is 1. The Bertz CT molecular complexity index is 674. The molecule has 5 nitrogen and oxygen atoms in total. The standard InChI is InChI=1S/C15H18BrN3O2/c1-9-15(20,4-5-21-9)8-19-14-11-6-10(16)2-3-13(11)18-7-12(14)17/h2-3,6-7,9,20H,4-5,8,17H2,1H3,(H,18,19). The van der Waals surface area contributed by atoms with Gasteiger partial charge >= 0.3 is 0 Å². The van der Waals surface area contributed by atoms with Gasteiger partial charge in [0, 0.05) is 29.4 Å². The number of nitrogens with two attached hydrogens (primary N) is 1. The highest BCUT2D eigenvalue weighted by Gasteiger charge is 2.39. The Hall–Kier alpha value is -1.37. The largest absolute Gasteiger partial charge is 0.396 e. The summed E-state index contributed by atoms with van der Waals surface area (Å²) in [7, 11) is 0. The van der Waals surface area contributed by atoms with Crippen molar-refractivity contribution in [3.8, 4) is 0 Å². The summed E-state index contributed by atoms with van der Waals surface area (Å²) >= 11 is 3.46. The summed E-state index contributed by atoms with van der Waals surface area (Å²) in [4.78, 5) is 4.32. The van der Waals surface area contributed by atoms with Gasteiger partial charge in [-0.3, -0.25) is 4.98 Å². The van der Waals surface area contributed by atoms with E-state index in [-0.39, 0.29) is 6.10 Å². The van der Waals surface area contributed by atoms with Gasteiger partial charge in [0.1, 0.15) is 5.60 Å². The molecule has 0 bridgehead atoms. The van der Waals surface area contributed by atoms with E-state index in [4.69, 9.17) is 10.5 Å². The number of rotatable bonds is 3. The first-order chi connectivity index (χ1) is 9.99.